The fraction of sp³-hybridized carbons (Fsp3) is 0.240. The standard InChI is InChI=1S/C25H22Cl2N6O3S/c26-19-11-7-8-17(23(19)27)14-20-24(35)33(18-9-3-1-4-10-18)25(28-20)37-16-21(34)29-22-15-32(30-36-22)31-12-5-2-6-13-31/h1,3-4,7-11,14-15H,2,5-6,12-13,16H2/b20-14+. The quantitative estimate of drug-likeness (QED) is 0.197. The van der Waals surface area contributed by atoms with E-state index in [1.165, 1.54) is 11.3 Å². The van der Waals surface area contributed by atoms with Crippen molar-refractivity contribution in [2.45, 2.75) is 19.3 Å². The van der Waals surface area contributed by atoms with Crippen molar-refractivity contribution in [3.05, 3.63) is 76.0 Å². The number of para-hydroxylation sites is 1. The van der Waals surface area contributed by atoms with E-state index in [0.717, 1.165) is 37.7 Å². The van der Waals surface area contributed by atoms with Gasteiger partial charge in [0.1, 0.15) is 5.70 Å². The molecule has 37 heavy (non-hydrogen) atoms. The van der Waals surface area contributed by atoms with Gasteiger partial charge in [0.15, 0.2) is 5.17 Å². The SMILES string of the molecule is O=C1/C(=C\c2cccc(Cl)c2Cl)N=C(SC/C([O-])=N\c2c[n+](N3CCCCC3)no2)N1c1ccccc1. The van der Waals surface area contributed by atoms with E-state index in [4.69, 9.17) is 27.7 Å². The van der Waals surface area contributed by atoms with Crippen molar-refractivity contribution in [1.29, 1.82) is 0 Å². The fourth-order valence-corrected chi connectivity index (χ4v) is 5.11. The summed E-state index contributed by atoms with van der Waals surface area (Å²) in [4.78, 5) is 24.9. The third kappa shape index (κ3) is 5.82. The van der Waals surface area contributed by atoms with Crippen LogP contribution in [-0.2, 0) is 4.79 Å². The Labute approximate surface area is 227 Å². The first-order valence-electron chi connectivity index (χ1n) is 11.6. The Kier molecular flexibility index (Phi) is 7.78. The summed E-state index contributed by atoms with van der Waals surface area (Å²) in [6, 6.07) is 14.2. The second kappa shape index (κ2) is 11.4. The Hall–Kier alpha value is -3.34. The third-order valence-corrected chi connectivity index (χ3v) is 7.50. The van der Waals surface area contributed by atoms with E-state index >= 15 is 0 Å². The first-order chi connectivity index (χ1) is 18.0. The molecule has 3 aromatic rings. The number of hydrogen-bond donors (Lipinski definition) is 0. The lowest BCUT2D eigenvalue weighted by atomic mass is 10.2. The Morgan fingerprint density at radius 2 is 1.92 bits per heavy atom. The zero-order chi connectivity index (χ0) is 25.8. The zero-order valence-electron chi connectivity index (χ0n) is 19.6. The second-order valence-corrected chi connectivity index (χ2v) is 10.0. The smallest absolute Gasteiger partial charge is 0.324 e. The average molecular weight is 557 g/mol. The molecule has 0 radical (unpaired) electrons. The van der Waals surface area contributed by atoms with Crippen LogP contribution in [0.4, 0.5) is 11.6 Å². The zero-order valence-corrected chi connectivity index (χ0v) is 21.9. The summed E-state index contributed by atoms with van der Waals surface area (Å²) < 4.78 is 5.22. The van der Waals surface area contributed by atoms with E-state index in [1.54, 1.807) is 47.4 Å². The molecule has 1 fully saturated rings. The van der Waals surface area contributed by atoms with Gasteiger partial charge in [-0.1, -0.05) is 65.3 Å². The number of amides is 1. The van der Waals surface area contributed by atoms with Gasteiger partial charge in [-0.25, -0.2) is 9.98 Å². The molecule has 1 aromatic heterocycles. The molecule has 0 bridgehead atoms. The van der Waals surface area contributed by atoms with Crippen molar-refractivity contribution in [1.82, 2.24) is 5.27 Å². The van der Waals surface area contributed by atoms with Gasteiger partial charge in [-0.3, -0.25) is 14.2 Å². The topological polar surface area (TPSA) is 101 Å². The van der Waals surface area contributed by atoms with Crippen LogP contribution in [0, 0.1) is 0 Å². The number of amidine groups is 1. The van der Waals surface area contributed by atoms with Crippen LogP contribution in [0.3, 0.4) is 0 Å². The van der Waals surface area contributed by atoms with Crippen LogP contribution in [0.2, 0.25) is 10.0 Å². The summed E-state index contributed by atoms with van der Waals surface area (Å²) in [5.41, 5.74) is 1.37. The third-order valence-electron chi connectivity index (χ3n) is 5.74. The molecule has 3 heterocycles. The number of carbonyl (C=O) groups excluding carboxylic acids is 1. The fourth-order valence-electron chi connectivity index (χ4n) is 3.95. The number of piperidine rings is 1. The summed E-state index contributed by atoms with van der Waals surface area (Å²) in [7, 11) is 0. The van der Waals surface area contributed by atoms with Crippen LogP contribution in [0.5, 0.6) is 0 Å². The van der Waals surface area contributed by atoms with Crippen LogP contribution in [0.15, 0.2) is 74.9 Å². The Morgan fingerprint density at radius 1 is 1.14 bits per heavy atom. The van der Waals surface area contributed by atoms with Crippen molar-refractivity contribution >= 4 is 69.6 Å². The number of benzene rings is 2. The highest BCUT2D eigenvalue weighted by Gasteiger charge is 2.32. The van der Waals surface area contributed by atoms with Gasteiger partial charge in [-0.05, 0) is 55.0 Å². The van der Waals surface area contributed by atoms with Crippen LogP contribution >= 0.6 is 35.0 Å². The second-order valence-electron chi connectivity index (χ2n) is 8.31. The van der Waals surface area contributed by atoms with Crippen LogP contribution in [0.25, 0.3) is 6.08 Å². The van der Waals surface area contributed by atoms with E-state index in [9.17, 15) is 9.90 Å². The minimum Gasteiger partial charge on any atom is -0.861 e. The minimum atomic E-state index is -0.439. The van der Waals surface area contributed by atoms with Gasteiger partial charge in [0.05, 0.1) is 33.6 Å². The number of aromatic nitrogens is 2. The molecule has 0 aliphatic carbocycles. The monoisotopic (exact) mass is 556 g/mol. The molecule has 0 spiro atoms. The van der Waals surface area contributed by atoms with Gasteiger partial charge in [0.25, 0.3) is 12.1 Å². The van der Waals surface area contributed by atoms with E-state index in [0.29, 0.717) is 26.5 Å². The molecule has 1 amide bonds. The number of thioether (sulfide) groups is 1. The Balaban J connectivity index is 1.36. The first-order valence-corrected chi connectivity index (χ1v) is 13.4. The molecule has 2 aliphatic heterocycles. The molecule has 12 heteroatoms. The number of rotatable bonds is 6. The molecule has 2 aromatic carbocycles. The number of nitrogens with zero attached hydrogens (tertiary/aromatic N) is 6. The van der Waals surface area contributed by atoms with Crippen LogP contribution in [0.1, 0.15) is 24.8 Å². The molecule has 0 atom stereocenters. The molecule has 5 rings (SSSR count). The molecule has 9 nitrogen and oxygen atoms in total. The van der Waals surface area contributed by atoms with Gasteiger partial charge in [-0.15, -0.1) is 0 Å². The number of anilines is 1. The molecular formula is C25H22Cl2N6O3S. The maximum absolute atomic E-state index is 13.3. The summed E-state index contributed by atoms with van der Waals surface area (Å²) in [6.45, 7) is 1.75. The normalized spacial score (nSPS) is 17.6. The first kappa shape index (κ1) is 25.3. The highest BCUT2D eigenvalue weighted by molar-refractivity contribution is 8.14. The maximum atomic E-state index is 13.3. The summed E-state index contributed by atoms with van der Waals surface area (Å²) in [5.74, 6) is -0.709. The van der Waals surface area contributed by atoms with Gasteiger partial charge in [0.2, 0.25) is 5.27 Å². The van der Waals surface area contributed by atoms with Gasteiger partial charge < -0.3 is 5.11 Å². The summed E-state index contributed by atoms with van der Waals surface area (Å²) in [5, 5.41) is 19.7. The van der Waals surface area contributed by atoms with Crippen molar-refractivity contribution in [3.8, 4) is 0 Å². The van der Waals surface area contributed by atoms with E-state index in [2.05, 4.69) is 15.3 Å². The predicted octanol–water partition coefficient (Wildman–Crippen LogP) is 3.96. The van der Waals surface area contributed by atoms with E-state index in [-0.39, 0.29) is 23.2 Å². The highest BCUT2D eigenvalue weighted by Crippen LogP contribution is 2.32. The van der Waals surface area contributed by atoms with Crippen molar-refractivity contribution in [2.75, 3.05) is 28.8 Å². The van der Waals surface area contributed by atoms with Crippen LogP contribution in [-0.4, -0.2) is 41.1 Å². The summed E-state index contributed by atoms with van der Waals surface area (Å²) in [6.07, 6.45) is 6.54. The van der Waals surface area contributed by atoms with Crippen molar-refractivity contribution in [3.63, 3.8) is 0 Å². The molecule has 0 N–H and O–H groups in total. The Bertz CT molecular complexity index is 1390. The molecule has 0 saturated carbocycles. The van der Waals surface area contributed by atoms with Gasteiger partial charge >= 0.3 is 5.88 Å². The summed E-state index contributed by atoms with van der Waals surface area (Å²) >= 11 is 13.5. The van der Waals surface area contributed by atoms with E-state index < -0.39 is 5.90 Å². The lowest BCUT2D eigenvalue weighted by molar-refractivity contribution is -0.759. The van der Waals surface area contributed by atoms with Crippen molar-refractivity contribution in [2.24, 2.45) is 9.98 Å². The van der Waals surface area contributed by atoms with Crippen molar-refractivity contribution < 1.29 is 19.2 Å². The lowest BCUT2D eigenvalue weighted by Crippen LogP contribution is -2.60. The Morgan fingerprint density at radius 3 is 2.70 bits per heavy atom. The largest absolute Gasteiger partial charge is 0.861 e. The van der Waals surface area contributed by atoms with Crippen LogP contribution < -0.4 is 19.8 Å². The maximum Gasteiger partial charge on any atom is 0.324 e. The van der Waals surface area contributed by atoms with Gasteiger partial charge in [0, 0.05) is 5.75 Å². The molecule has 0 unspecified atom stereocenters. The number of halogens is 2. The van der Waals surface area contributed by atoms with Gasteiger partial charge in [-0.2, -0.15) is 5.01 Å². The average Bonchev–Trinajstić information content (AvgIpc) is 3.50. The molecule has 2 aliphatic rings. The highest BCUT2D eigenvalue weighted by atomic mass is 35.5. The van der Waals surface area contributed by atoms with E-state index in [1.807, 2.05) is 23.2 Å². The number of aliphatic imine (C=N–C) groups is 2. The molecule has 1 saturated heterocycles. The predicted molar refractivity (Wildman–Crippen MR) is 144 cm³/mol. The molecular weight excluding hydrogens is 535 g/mol. The lowest BCUT2D eigenvalue weighted by Gasteiger charge is -2.18. The minimum absolute atomic E-state index is 0.0505. The number of hydrogen-bond acceptors (Lipinski definition) is 8. The number of carbonyl (C=O) groups is 1. The molecule has 190 valence electrons.